The van der Waals surface area contributed by atoms with Crippen molar-refractivity contribution in [2.75, 3.05) is 16.3 Å². The first-order valence-electron chi connectivity index (χ1n) is 8.71. The number of amides is 3. The van der Waals surface area contributed by atoms with Gasteiger partial charge in [-0.3, -0.25) is 9.69 Å². The normalized spacial score (nSPS) is 22.3. The number of rotatable bonds is 2. The fourth-order valence-electron chi connectivity index (χ4n) is 3.95. The highest BCUT2D eigenvalue weighted by Crippen LogP contribution is 2.40. The summed E-state index contributed by atoms with van der Waals surface area (Å²) in [6.45, 7) is 0.00113. The Morgan fingerprint density at radius 3 is 2.50 bits per heavy atom. The average molecular weight is 355 g/mol. The molecule has 4 rings (SSSR count). The van der Waals surface area contributed by atoms with Gasteiger partial charge in [0.05, 0.1) is 12.2 Å². The van der Waals surface area contributed by atoms with Crippen LogP contribution in [0.25, 0.3) is 0 Å². The molecule has 2 heterocycles. The molecule has 0 bridgehead atoms. The van der Waals surface area contributed by atoms with Gasteiger partial charge < -0.3 is 16.8 Å². The van der Waals surface area contributed by atoms with Crippen molar-refractivity contribution >= 4 is 35.2 Å². The Labute approximate surface area is 150 Å². The summed E-state index contributed by atoms with van der Waals surface area (Å²) in [5, 5.41) is 2.53. The van der Waals surface area contributed by atoms with Crippen LogP contribution in [0.5, 0.6) is 0 Å². The molecule has 0 unspecified atom stereocenters. The molecule has 0 aromatic heterocycles. The first-order chi connectivity index (χ1) is 12.5. The van der Waals surface area contributed by atoms with E-state index in [0.717, 1.165) is 42.7 Å². The molecule has 5 N–H and O–H groups in total. The molecular weight excluding hydrogens is 334 g/mol. The van der Waals surface area contributed by atoms with Gasteiger partial charge in [-0.1, -0.05) is 12.5 Å². The minimum Gasteiger partial charge on any atom is -0.369 e. The summed E-state index contributed by atoms with van der Waals surface area (Å²) >= 11 is 0. The second-order valence-corrected chi connectivity index (χ2v) is 6.73. The van der Waals surface area contributed by atoms with Crippen LogP contribution in [-0.2, 0) is 4.79 Å². The second kappa shape index (κ2) is 6.01. The zero-order valence-electron chi connectivity index (χ0n) is 14.3. The number of imide groups is 1. The minimum atomic E-state index is -0.565. The van der Waals surface area contributed by atoms with E-state index in [2.05, 4.69) is 15.3 Å². The zero-order valence-corrected chi connectivity index (χ0v) is 14.3. The zero-order chi connectivity index (χ0) is 18.3. The van der Waals surface area contributed by atoms with Crippen LogP contribution in [0.4, 0.5) is 16.2 Å². The van der Waals surface area contributed by atoms with E-state index < -0.39 is 11.7 Å². The van der Waals surface area contributed by atoms with Crippen LogP contribution in [-0.4, -0.2) is 36.1 Å². The van der Waals surface area contributed by atoms with Crippen molar-refractivity contribution in [3.05, 3.63) is 24.3 Å². The predicted octanol–water partition coefficient (Wildman–Crippen LogP) is 0.853. The molecule has 3 aliphatic rings. The topological polar surface area (TPSA) is 129 Å². The Morgan fingerprint density at radius 2 is 1.81 bits per heavy atom. The van der Waals surface area contributed by atoms with Crippen LogP contribution in [0.15, 0.2) is 34.3 Å². The number of hydrogen-bond donors (Lipinski definition) is 3. The van der Waals surface area contributed by atoms with E-state index in [1.54, 1.807) is 18.2 Å². The molecule has 1 aliphatic carbocycles. The summed E-state index contributed by atoms with van der Waals surface area (Å²) in [7, 11) is 0. The summed E-state index contributed by atoms with van der Waals surface area (Å²) in [6.07, 6.45) is 4.82. The highest BCUT2D eigenvalue weighted by Gasteiger charge is 2.43. The lowest BCUT2D eigenvalue weighted by Crippen LogP contribution is -2.58. The van der Waals surface area contributed by atoms with Gasteiger partial charge in [0.1, 0.15) is 5.66 Å². The lowest BCUT2D eigenvalue weighted by atomic mass is 9.87. The summed E-state index contributed by atoms with van der Waals surface area (Å²) in [5.74, 6) is 0.168. The van der Waals surface area contributed by atoms with Crippen LogP contribution >= 0.6 is 0 Å². The van der Waals surface area contributed by atoms with E-state index in [4.69, 9.17) is 11.5 Å². The molecule has 2 aliphatic heterocycles. The number of urea groups is 1. The van der Waals surface area contributed by atoms with Gasteiger partial charge >= 0.3 is 6.03 Å². The Hall–Kier alpha value is -3.10. The molecule has 26 heavy (non-hydrogen) atoms. The molecular formula is C17H21N7O2. The third-order valence-electron chi connectivity index (χ3n) is 5.04. The second-order valence-electron chi connectivity index (χ2n) is 6.73. The number of nitrogens with zero attached hydrogens (tertiary/aromatic N) is 4. The number of anilines is 2. The van der Waals surface area contributed by atoms with E-state index in [1.165, 1.54) is 0 Å². The quantitative estimate of drug-likeness (QED) is 0.677. The number of hydrogen-bond acceptors (Lipinski definition) is 7. The molecule has 9 nitrogen and oxygen atoms in total. The van der Waals surface area contributed by atoms with Gasteiger partial charge in [-0.2, -0.15) is 4.99 Å². The van der Waals surface area contributed by atoms with Crippen molar-refractivity contribution < 1.29 is 9.59 Å². The first-order valence-corrected chi connectivity index (χ1v) is 8.71. The third kappa shape index (κ3) is 2.56. The Balaban J connectivity index is 1.76. The lowest BCUT2D eigenvalue weighted by Gasteiger charge is -2.45. The number of aliphatic imine (C=N–C) groups is 2. The number of benzene rings is 1. The van der Waals surface area contributed by atoms with Crippen LogP contribution in [0, 0.1) is 0 Å². The van der Waals surface area contributed by atoms with Crippen molar-refractivity contribution in [3.8, 4) is 0 Å². The van der Waals surface area contributed by atoms with Crippen LogP contribution in [0.2, 0.25) is 0 Å². The lowest BCUT2D eigenvalue weighted by molar-refractivity contribution is -0.115. The van der Waals surface area contributed by atoms with Crippen molar-refractivity contribution in [2.45, 2.75) is 37.8 Å². The summed E-state index contributed by atoms with van der Waals surface area (Å²) in [6, 6.07) is 6.71. The summed E-state index contributed by atoms with van der Waals surface area (Å²) in [4.78, 5) is 35.8. The molecule has 3 amide bonds. The third-order valence-corrected chi connectivity index (χ3v) is 5.04. The van der Waals surface area contributed by atoms with Crippen molar-refractivity contribution in [1.82, 2.24) is 5.32 Å². The standard InChI is InChI=1S/C17H21N7O2/c18-14-21-15(19)24(17(22-14)7-2-1-3-8-17)12-6-4-5-11(9-12)23-13(25)10-20-16(23)26/h4-6,9H,1-3,7-8,10H2,(H,20,26)(H4,18,19,21,22). The fraction of sp³-hybridized carbons (Fsp3) is 0.412. The number of guanidine groups is 2. The maximum Gasteiger partial charge on any atom is 0.329 e. The van der Waals surface area contributed by atoms with Crippen LogP contribution in [0.3, 0.4) is 0 Å². The van der Waals surface area contributed by atoms with Gasteiger partial charge in [0.2, 0.25) is 11.9 Å². The molecule has 9 heteroatoms. The van der Waals surface area contributed by atoms with E-state index in [1.807, 2.05) is 11.0 Å². The van der Waals surface area contributed by atoms with Gasteiger partial charge in [-0.15, -0.1) is 0 Å². The molecule has 2 fully saturated rings. The van der Waals surface area contributed by atoms with Gasteiger partial charge in [0, 0.05) is 5.69 Å². The highest BCUT2D eigenvalue weighted by molar-refractivity contribution is 6.20. The number of carbonyl (C=O) groups excluding carboxylic acids is 2. The van der Waals surface area contributed by atoms with Crippen molar-refractivity contribution in [2.24, 2.45) is 21.5 Å². The van der Waals surface area contributed by atoms with Gasteiger partial charge in [-0.25, -0.2) is 14.7 Å². The molecule has 1 spiro atoms. The van der Waals surface area contributed by atoms with E-state index in [-0.39, 0.29) is 24.4 Å². The number of carbonyl (C=O) groups is 2. The van der Waals surface area contributed by atoms with Crippen LogP contribution in [0.1, 0.15) is 32.1 Å². The molecule has 0 atom stereocenters. The Morgan fingerprint density at radius 1 is 1.08 bits per heavy atom. The Bertz CT molecular complexity index is 810. The maximum absolute atomic E-state index is 12.0. The van der Waals surface area contributed by atoms with E-state index >= 15 is 0 Å². The maximum atomic E-state index is 12.0. The van der Waals surface area contributed by atoms with E-state index in [9.17, 15) is 9.59 Å². The predicted molar refractivity (Wildman–Crippen MR) is 98.9 cm³/mol. The molecule has 1 aromatic rings. The first kappa shape index (κ1) is 16.4. The summed E-state index contributed by atoms with van der Waals surface area (Å²) in [5.41, 5.74) is 12.8. The van der Waals surface area contributed by atoms with Crippen molar-refractivity contribution in [3.63, 3.8) is 0 Å². The monoisotopic (exact) mass is 355 g/mol. The smallest absolute Gasteiger partial charge is 0.329 e. The molecule has 0 radical (unpaired) electrons. The molecule has 136 valence electrons. The molecule has 1 aromatic carbocycles. The average Bonchev–Trinajstić information content (AvgIpc) is 2.93. The number of nitrogens with two attached hydrogens (primary N) is 2. The molecule has 1 saturated heterocycles. The van der Waals surface area contributed by atoms with Gasteiger partial charge in [0.25, 0.3) is 5.91 Å². The minimum absolute atomic E-state index is 0.00113. The Kier molecular flexibility index (Phi) is 3.78. The van der Waals surface area contributed by atoms with Gasteiger partial charge in [0.15, 0.2) is 0 Å². The fourth-order valence-corrected chi connectivity index (χ4v) is 3.95. The van der Waals surface area contributed by atoms with Crippen LogP contribution < -0.4 is 26.6 Å². The van der Waals surface area contributed by atoms with E-state index in [0.29, 0.717) is 5.69 Å². The highest BCUT2D eigenvalue weighted by atomic mass is 16.2. The molecule has 1 saturated carbocycles. The summed E-state index contributed by atoms with van der Waals surface area (Å²) < 4.78 is 0. The SMILES string of the molecule is NC1=NC2(CCCCC2)N(c2cccc(N3C(=O)CNC3=O)c2)C(N)=N1. The van der Waals surface area contributed by atoms with Gasteiger partial charge in [-0.05, 0) is 43.9 Å². The van der Waals surface area contributed by atoms with Crippen molar-refractivity contribution in [1.29, 1.82) is 0 Å². The largest absolute Gasteiger partial charge is 0.369 e. The number of nitrogens with one attached hydrogen (secondary N) is 1.